The molecule has 0 aliphatic rings. The summed E-state index contributed by atoms with van der Waals surface area (Å²) in [4.78, 5) is 16.8. The molecule has 3 rings (SSSR count). The quantitative estimate of drug-likeness (QED) is 0.668. The summed E-state index contributed by atoms with van der Waals surface area (Å²) < 4.78 is 4.68. The van der Waals surface area contributed by atoms with Gasteiger partial charge in [-0.25, -0.2) is 9.67 Å². The Hall–Kier alpha value is -1.47. The largest absolute Gasteiger partial charge is 0.294 e. The van der Waals surface area contributed by atoms with Crippen LogP contribution >= 0.6 is 31.9 Å². The third kappa shape index (κ3) is 2.31. The molecule has 0 amide bonds. The Kier molecular flexibility index (Phi) is 3.47. The van der Waals surface area contributed by atoms with Gasteiger partial charge in [0.25, 0.3) is 5.56 Å². The molecule has 0 radical (unpaired) electrons. The van der Waals surface area contributed by atoms with Crippen LogP contribution < -0.4 is 5.56 Å². The van der Waals surface area contributed by atoms with Crippen LogP contribution in [0.2, 0.25) is 0 Å². The van der Waals surface area contributed by atoms with Crippen LogP contribution in [0.3, 0.4) is 0 Å². The van der Waals surface area contributed by atoms with E-state index in [4.69, 9.17) is 0 Å². The van der Waals surface area contributed by atoms with Crippen molar-refractivity contribution in [2.75, 3.05) is 0 Å². The van der Waals surface area contributed by atoms with Gasteiger partial charge in [0.15, 0.2) is 5.65 Å². The molecular weight excluding hydrogens is 388 g/mol. The predicted octanol–water partition coefficient (Wildman–Crippen LogP) is 2.70. The normalized spacial score (nSPS) is 11.2. The van der Waals surface area contributed by atoms with Crippen LogP contribution in [0.25, 0.3) is 11.0 Å². The first-order valence-corrected chi connectivity index (χ1v) is 7.47. The third-order valence-electron chi connectivity index (χ3n) is 3.01. The highest BCUT2D eigenvalue weighted by Gasteiger charge is 2.13. The fourth-order valence-corrected chi connectivity index (χ4v) is 3.11. The molecule has 5 nitrogen and oxygen atoms in total. The van der Waals surface area contributed by atoms with E-state index in [9.17, 15) is 4.79 Å². The summed E-state index contributed by atoms with van der Waals surface area (Å²) in [6.45, 7) is 0.475. The van der Waals surface area contributed by atoms with Crippen LogP contribution in [0.4, 0.5) is 0 Å². The van der Waals surface area contributed by atoms with Gasteiger partial charge in [0.2, 0.25) is 0 Å². The Labute approximate surface area is 131 Å². The van der Waals surface area contributed by atoms with E-state index < -0.39 is 0 Å². The van der Waals surface area contributed by atoms with Gasteiger partial charge in [-0.1, -0.05) is 28.1 Å². The van der Waals surface area contributed by atoms with Gasteiger partial charge in [-0.05, 0) is 33.6 Å². The summed E-state index contributed by atoms with van der Waals surface area (Å²) >= 11 is 6.73. The van der Waals surface area contributed by atoms with Crippen molar-refractivity contribution in [2.45, 2.75) is 6.54 Å². The Morgan fingerprint density at radius 1 is 1.30 bits per heavy atom. The van der Waals surface area contributed by atoms with Crippen LogP contribution in [0.5, 0.6) is 0 Å². The van der Waals surface area contributed by atoms with Gasteiger partial charge in [-0.15, -0.1) is 0 Å². The van der Waals surface area contributed by atoms with Crippen molar-refractivity contribution < 1.29 is 0 Å². The molecule has 2 heterocycles. The van der Waals surface area contributed by atoms with E-state index in [0.29, 0.717) is 22.2 Å². The lowest BCUT2D eigenvalue weighted by Crippen LogP contribution is -2.21. The SMILES string of the molecule is Cn1nc(Br)c2c(=O)n(Cc3cccc(Br)c3)cnc21. The van der Waals surface area contributed by atoms with Crippen molar-refractivity contribution in [1.82, 2.24) is 19.3 Å². The van der Waals surface area contributed by atoms with Crippen molar-refractivity contribution >= 4 is 42.9 Å². The minimum atomic E-state index is -0.102. The lowest BCUT2D eigenvalue weighted by atomic mass is 10.2. The average Bonchev–Trinajstić information content (AvgIpc) is 2.68. The number of nitrogens with zero attached hydrogens (tertiary/aromatic N) is 4. The van der Waals surface area contributed by atoms with E-state index >= 15 is 0 Å². The number of benzene rings is 1. The van der Waals surface area contributed by atoms with Gasteiger partial charge in [-0.3, -0.25) is 9.36 Å². The van der Waals surface area contributed by atoms with Crippen molar-refractivity contribution in [3.05, 3.63) is 55.6 Å². The van der Waals surface area contributed by atoms with Gasteiger partial charge in [0.1, 0.15) is 16.3 Å². The zero-order valence-electron chi connectivity index (χ0n) is 10.5. The number of aromatic nitrogens is 4. The predicted molar refractivity (Wildman–Crippen MR) is 83.7 cm³/mol. The van der Waals surface area contributed by atoms with Crippen LogP contribution in [0.15, 0.2) is 44.5 Å². The molecule has 0 unspecified atom stereocenters. The zero-order chi connectivity index (χ0) is 14.3. The summed E-state index contributed by atoms with van der Waals surface area (Å²) in [5.41, 5.74) is 1.50. The maximum Gasteiger partial charge on any atom is 0.265 e. The van der Waals surface area contributed by atoms with Crippen molar-refractivity contribution in [1.29, 1.82) is 0 Å². The molecule has 2 aromatic heterocycles. The van der Waals surface area contributed by atoms with Gasteiger partial charge < -0.3 is 0 Å². The number of aryl methyl sites for hydroxylation is 1. The molecule has 0 atom stereocenters. The molecule has 3 aromatic rings. The van der Waals surface area contributed by atoms with Crippen molar-refractivity contribution in [2.24, 2.45) is 7.05 Å². The third-order valence-corrected chi connectivity index (χ3v) is 4.06. The van der Waals surface area contributed by atoms with Gasteiger partial charge in [0.05, 0.1) is 6.54 Å². The standard InChI is InChI=1S/C13H10Br2N4O/c1-18-12-10(11(15)17-18)13(20)19(7-16-12)6-8-3-2-4-9(14)5-8/h2-5,7H,6H2,1H3. The number of hydrogen-bond acceptors (Lipinski definition) is 3. The maximum absolute atomic E-state index is 12.5. The fourth-order valence-electron chi connectivity index (χ4n) is 2.08. The topological polar surface area (TPSA) is 52.7 Å². The van der Waals surface area contributed by atoms with Gasteiger partial charge in [0, 0.05) is 11.5 Å². The van der Waals surface area contributed by atoms with Gasteiger partial charge >= 0.3 is 0 Å². The van der Waals surface area contributed by atoms with Gasteiger partial charge in [-0.2, -0.15) is 5.10 Å². The molecule has 0 N–H and O–H groups in total. The number of halogens is 2. The Morgan fingerprint density at radius 2 is 2.10 bits per heavy atom. The highest BCUT2D eigenvalue weighted by molar-refractivity contribution is 9.10. The zero-order valence-corrected chi connectivity index (χ0v) is 13.7. The molecule has 7 heteroatoms. The molecule has 0 fully saturated rings. The molecule has 1 aromatic carbocycles. The molecule has 0 aliphatic heterocycles. The van der Waals surface area contributed by atoms with Crippen LogP contribution in [0.1, 0.15) is 5.56 Å². The fraction of sp³-hybridized carbons (Fsp3) is 0.154. The second-order valence-electron chi connectivity index (χ2n) is 4.42. The molecule has 0 aliphatic carbocycles. The molecule has 20 heavy (non-hydrogen) atoms. The highest BCUT2D eigenvalue weighted by atomic mass is 79.9. The van der Waals surface area contributed by atoms with Crippen molar-refractivity contribution in [3.63, 3.8) is 0 Å². The molecule has 0 saturated heterocycles. The number of rotatable bonds is 2. The summed E-state index contributed by atoms with van der Waals surface area (Å²) in [7, 11) is 1.76. The van der Waals surface area contributed by atoms with E-state index in [1.807, 2.05) is 24.3 Å². The van der Waals surface area contributed by atoms with Crippen LogP contribution in [0, 0.1) is 0 Å². The van der Waals surface area contributed by atoms with Crippen molar-refractivity contribution in [3.8, 4) is 0 Å². The van der Waals surface area contributed by atoms with Crippen LogP contribution in [-0.2, 0) is 13.6 Å². The summed E-state index contributed by atoms with van der Waals surface area (Å²) in [5.74, 6) is 0. The molecule has 0 saturated carbocycles. The Balaban J connectivity index is 2.11. The molecule has 0 bridgehead atoms. The lowest BCUT2D eigenvalue weighted by molar-refractivity contribution is 0.737. The number of fused-ring (bicyclic) bond motifs is 1. The average molecular weight is 398 g/mol. The number of hydrogen-bond donors (Lipinski definition) is 0. The first kappa shape index (κ1) is 13.5. The summed E-state index contributed by atoms with van der Waals surface area (Å²) in [6, 6.07) is 7.84. The van der Waals surface area contributed by atoms with E-state index in [1.165, 1.54) is 0 Å². The second kappa shape index (κ2) is 5.14. The van der Waals surface area contributed by atoms with E-state index in [1.54, 1.807) is 22.6 Å². The Bertz CT molecular complexity index is 853. The minimum Gasteiger partial charge on any atom is -0.294 e. The van der Waals surface area contributed by atoms with Crippen LogP contribution in [-0.4, -0.2) is 19.3 Å². The summed E-state index contributed by atoms with van der Waals surface area (Å²) in [5, 5.41) is 4.67. The van der Waals surface area contributed by atoms with E-state index in [0.717, 1.165) is 10.0 Å². The lowest BCUT2D eigenvalue weighted by Gasteiger charge is -2.06. The molecule has 102 valence electrons. The molecular formula is C13H10Br2N4O. The second-order valence-corrected chi connectivity index (χ2v) is 6.09. The smallest absolute Gasteiger partial charge is 0.265 e. The monoisotopic (exact) mass is 396 g/mol. The molecule has 0 spiro atoms. The Morgan fingerprint density at radius 3 is 2.85 bits per heavy atom. The minimum absolute atomic E-state index is 0.102. The summed E-state index contributed by atoms with van der Waals surface area (Å²) in [6.07, 6.45) is 1.56. The first-order valence-electron chi connectivity index (χ1n) is 5.88. The first-order chi connectivity index (χ1) is 9.56. The highest BCUT2D eigenvalue weighted by Crippen LogP contribution is 2.17. The van der Waals surface area contributed by atoms with E-state index in [2.05, 4.69) is 41.9 Å². The van der Waals surface area contributed by atoms with E-state index in [-0.39, 0.29) is 5.56 Å². The maximum atomic E-state index is 12.5.